The molecule has 2 aromatic rings. The Morgan fingerprint density at radius 1 is 1.22 bits per heavy atom. The second kappa shape index (κ2) is 6.83. The first kappa shape index (κ1) is 17.8. The van der Waals surface area contributed by atoms with Gasteiger partial charge in [0.15, 0.2) is 0 Å². The summed E-state index contributed by atoms with van der Waals surface area (Å²) in [4.78, 5) is 38.6. The Labute approximate surface area is 157 Å². The molecule has 1 atom stereocenters. The fraction of sp³-hybridized carbons (Fsp3) is 0.476. The lowest BCUT2D eigenvalue weighted by molar-refractivity contribution is -0.154. The van der Waals surface area contributed by atoms with E-state index in [0.717, 1.165) is 35.8 Å². The molecule has 142 valence electrons. The van der Waals surface area contributed by atoms with Gasteiger partial charge < -0.3 is 14.1 Å². The van der Waals surface area contributed by atoms with Crippen molar-refractivity contribution in [3.8, 4) is 0 Å². The molecule has 1 amide bonds. The summed E-state index contributed by atoms with van der Waals surface area (Å²) in [7, 11) is 0. The molecule has 0 bridgehead atoms. The van der Waals surface area contributed by atoms with Gasteiger partial charge in [0, 0.05) is 29.5 Å². The Balaban J connectivity index is 1.53. The standard InChI is InChI=1S/C21H23NO5/c1-12-5-8-16-15(10-18(23)27-19(16)13(12)2)11-26-21(25)17-4-3-9-22(17)20(24)14-6-7-14/h5,8,10,14,17H,3-4,6-7,9,11H2,1-2H3/t17-/m1/s1. The van der Waals surface area contributed by atoms with Crippen molar-refractivity contribution in [3.63, 3.8) is 0 Å². The molecule has 1 aliphatic carbocycles. The summed E-state index contributed by atoms with van der Waals surface area (Å²) < 4.78 is 10.9. The molecule has 6 heteroatoms. The van der Waals surface area contributed by atoms with Crippen molar-refractivity contribution in [2.45, 2.75) is 52.2 Å². The van der Waals surface area contributed by atoms with Crippen LogP contribution in [-0.2, 0) is 20.9 Å². The molecule has 2 aliphatic rings. The zero-order valence-corrected chi connectivity index (χ0v) is 15.6. The first-order valence-corrected chi connectivity index (χ1v) is 9.46. The highest BCUT2D eigenvalue weighted by molar-refractivity contribution is 5.88. The lowest BCUT2D eigenvalue weighted by Crippen LogP contribution is -2.42. The van der Waals surface area contributed by atoms with E-state index in [-0.39, 0.29) is 18.4 Å². The fourth-order valence-corrected chi connectivity index (χ4v) is 3.73. The number of likely N-dealkylation sites (tertiary alicyclic amines) is 1. The van der Waals surface area contributed by atoms with Crippen molar-refractivity contribution in [1.29, 1.82) is 0 Å². The molecule has 1 aromatic heterocycles. The second-order valence-electron chi connectivity index (χ2n) is 7.55. The molecule has 2 heterocycles. The van der Waals surface area contributed by atoms with Crippen molar-refractivity contribution in [3.05, 3.63) is 45.3 Å². The van der Waals surface area contributed by atoms with Gasteiger partial charge in [0.2, 0.25) is 5.91 Å². The minimum atomic E-state index is -0.506. The quantitative estimate of drug-likeness (QED) is 0.612. The lowest BCUT2D eigenvalue weighted by Gasteiger charge is -2.23. The van der Waals surface area contributed by atoms with Crippen LogP contribution < -0.4 is 5.63 Å². The summed E-state index contributed by atoms with van der Waals surface area (Å²) in [5.41, 5.74) is 2.61. The smallest absolute Gasteiger partial charge is 0.336 e. The number of carbonyl (C=O) groups is 2. The van der Waals surface area contributed by atoms with Crippen LogP contribution in [0.4, 0.5) is 0 Å². The fourth-order valence-electron chi connectivity index (χ4n) is 3.73. The largest absolute Gasteiger partial charge is 0.459 e. The van der Waals surface area contributed by atoms with Gasteiger partial charge >= 0.3 is 11.6 Å². The van der Waals surface area contributed by atoms with E-state index < -0.39 is 17.6 Å². The van der Waals surface area contributed by atoms with Crippen LogP contribution in [0.25, 0.3) is 11.0 Å². The molecule has 27 heavy (non-hydrogen) atoms. The maximum absolute atomic E-state index is 12.6. The summed E-state index contributed by atoms with van der Waals surface area (Å²) in [6.45, 7) is 4.46. The molecule has 0 spiro atoms. The number of rotatable bonds is 4. The predicted molar refractivity (Wildman–Crippen MR) is 99.2 cm³/mol. The van der Waals surface area contributed by atoms with Crippen LogP contribution in [0.3, 0.4) is 0 Å². The summed E-state index contributed by atoms with van der Waals surface area (Å²) in [6.07, 6.45) is 3.28. The van der Waals surface area contributed by atoms with Crippen molar-refractivity contribution < 1.29 is 18.7 Å². The van der Waals surface area contributed by atoms with E-state index in [4.69, 9.17) is 9.15 Å². The molecule has 6 nitrogen and oxygen atoms in total. The average molecular weight is 369 g/mol. The van der Waals surface area contributed by atoms with Gasteiger partial charge in [0.25, 0.3) is 0 Å². The monoisotopic (exact) mass is 369 g/mol. The summed E-state index contributed by atoms with van der Waals surface area (Å²) in [6, 6.07) is 4.69. The van der Waals surface area contributed by atoms with Gasteiger partial charge in [-0.1, -0.05) is 12.1 Å². The first-order chi connectivity index (χ1) is 13.0. The predicted octanol–water partition coefficient (Wildman–Crippen LogP) is 2.85. The maximum Gasteiger partial charge on any atom is 0.336 e. The number of fused-ring (bicyclic) bond motifs is 1. The molecule has 4 rings (SSSR count). The zero-order valence-electron chi connectivity index (χ0n) is 15.6. The third-order valence-electron chi connectivity index (χ3n) is 5.62. The Kier molecular flexibility index (Phi) is 4.50. The molecule has 1 aliphatic heterocycles. The number of amides is 1. The third-order valence-corrected chi connectivity index (χ3v) is 5.62. The zero-order chi connectivity index (χ0) is 19.1. The van der Waals surface area contributed by atoms with Crippen molar-refractivity contribution in [2.24, 2.45) is 5.92 Å². The maximum atomic E-state index is 12.6. The van der Waals surface area contributed by atoms with Gasteiger partial charge in [-0.25, -0.2) is 9.59 Å². The number of hydrogen-bond acceptors (Lipinski definition) is 5. The van der Waals surface area contributed by atoms with E-state index in [1.54, 1.807) is 4.90 Å². The number of nitrogens with zero attached hydrogens (tertiary/aromatic N) is 1. The van der Waals surface area contributed by atoms with Gasteiger partial charge in [0.05, 0.1) is 0 Å². The molecule has 1 saturated carbocycles. The minimum absolute atomic E-state index is 0.00854. The van der Waals surface area contributed by atoms with Crippen LogP contribution in [0.1, 0.15) is 42.4 Å². The molecule has 0 radical (unpaired) electrons. The minimum Gasteiger partial charge on any atom is -0.459 e. The Bertz CT molecular complexity index is 972. The number of carbonyl (C=O) groups excluding carboxylic acids is 2. The molecule has 1 saturated heterocycles. The first-order valence-electron chi connectivity index (χ1n) is 9.46. The van der Waals surface area contributed by atoms with E-state index in [1.807, 2.05) is 26.0 Å². The Morgan fingerprint density at radius 3 is 2.74 bits per heavy atom. The van der Waals surface area contributed by atoms with Gasteiger partial charge in [-0.2, -0.15) is 0 Å². The van der Waals surface area contributed by atoms with Crippen LogP contribution in [-0.4, -0.2) is 29.4 Å². The summed E-state index contributed by atoms with van der Waals surface area (Å²) in [5, 5.41) is 0.767. The van der Waals surface area contributed by atoms with Crippen molar-refractivity contribution in [2.75, 3.05) is 6.54 Å². The van der Waals surface area contributed by atoms with Gasteiger partial charge in [-0.3, -0.25) is 4.79 Å². The molecule has 0 N–H and O–H groups in total. The van der Waals surface area contributed by atoms with Crippen LogP contribution in [0, 0.1) is 19.8 Å². The van der Waals surface area contributed by atoms with E-state index in [9.17, 15) is 14.4 Å². The topological polar surface area (TPSA) is 76.8 Å². The van der Waals surface area contributed by atoms with Crippen LogP contribution in [0.2, 0.25) is 0 Å². The van der Waals surface area contributed by atoms with E-state index in [0.29, 0.717) is 24.1 Å². The SMILES string of the molecule is Cc1ccc2c(COC(=O)[C@H]3CCCN3C(=O)C3CC3)cc(=O)oc2c1C. The van der Waals surface area contributed by atoms with Gasteiger partial charge in [-0.15, -0.1) is 0 Å². The van der Waals surface area contributed by atoms with Crippen LogP contribution >= 0.6 is 0 Å². The van der Waals surface area contributed by atoms with Gasteiger partial charge in [-0.05, 0) is 50.7 Å². The molecule has 2 fully saturated rings. The van der Waals surface area contributed by atoms with Crippen LogP contribution in [0.15, 0.2) is 27.4 Å². The highest BCUT2D eigenvalue weighted by Crippen LogP contribution is 2.34. The molecule has 1 aromatic carbocycles. The Hall–Kier alpha value is -2.63. The highest BCUT2D eigenvalue weighted by atomic mass is 16.5. The van der Waals surface area contributed by atoms with Gasteiger partial charge in [0.1, 0.15) is 18.2 Å². The number of aryl methyl sites for hydroxylation is 2. The molecular formula is C21H23NO5. The van der Waals surface area contributed by atoms with Crippen LogP contribution in [0.5, 0.6) is 0 Å². The highest BCUT2D eigenvalue weighted by Gasteiger charge is 2.41. The van der Waals surface area contributed by atoms with E-state index in [1.165, 1.54) is 6.07 Å². The molecular weight excluding hydrogens is 346 g/mol. The number of hydrogen-bond donors (Lipinski definition) is 0. The van der Waals surface area contributed by atoms with Crippen molar-refractivity contribution >= 4 is 22.8 Å². The van der Waals surface area contributed by atoms with E-state index in [2.05, 4.69) is 0 Å². The third kappa shape index (κ3) is 3.36. The molecule has 0 unspecified atom stereocenters. The Morgan fingerprint density at radius 2 is 2.00 bits per heavy atom. The summed E-state index contributed by atoms with van der Waals surface area (Å²) >= 11 is 0. The number of esters is 1. The average Bonchev–Trinajstić information content (AvgIpc) is 3.38. The number of benzene rings is 1. The normalized spacial score (nSPS) is 19.5. The number of ether oxygens (including phenoxy) is 1. The second-order valence-corrected chi connectivity index (χ2v) is 7.55. The lowest BCUT2D eigenvalue weighted by atomic mass is 10.0. The summed E-state index contributed by atoms with van der Waals surface area (Å²) in [5.74, 6) is -0.231. The van der Waals surface area contributed by atoms with Crippen molar-refractivity contribution in [1.82, 2.24) is 4.90 Å². The van der Waals surface area contributed by atoms with E-state index >= 15 is 0 Å².